The second-order valence-electron chi connectivity index (χ2n) is 5.85. The summed E-state index contributed by atoms with van der Waals surface area (Å²) in [7, 11) is 0. The highest BCUT2D eigenvalue weighted by molar-refractivity contribution is 7.98. The summed E-state index contributed by atoms with van der Waals surface area (Å²) >= 11 is 1.74. The zero-order valence-corrected chi connectivity index (χ0v) is 13.6. The van der Waals surface area contributed by atoms with Crippen LogP contribution in [0.2, 0.25) is 0 Å². The lowest BCUT2D eigenvalue weighted by Crippen LogP contribution is -2.47. The van der Waals surface area contributed by atoms with Crippen LogP contribution >= 0.6 is 11.8 Å². The van der Waals surface area contributed by atoms with Crippen molar-refractivity contribution in [2.75, 3.05) is 25.1 Å². The number of carbonyl (C=O) groups excluding carboxylic acids is 1. The first-order chi connectivity index (χ1) is 10.2. The Morgan fingerprint density at radius 2 is 2.00 bits per heavy atom. The predicted octanol–water partition coefficient (Wildman–Crippen LogP) is 2.55. The van der Waals surface area contributed by atoms with E-state index in [1.54, 1.807) is 11.8 Å². The van der Waals surface area contributed by atoms with Gasteiger partial charge in [-0.3, -0.25) is 4.79 Å². The van der Waals surface area contributed by atoms with Crippen LogP contribution in [-0.4, -0.2) is 41.9 Å². The minimum Gasteiger partial charge on any atom is -0.341 e. The lowest BCUT2D eigenvalue weighted by Gasteiger charge is -2.33. The summed E-state index contributed by atoms with van der Waals surface area (Å²) in [5.41, 5.74) is 7.39. The van der Waals surface area contributed by atoms with Gasteiger partial charge in [0.25, 0.3) is 0 Å². The molecule has 21 heavy (non-hydrogen) atoms. The van der Waals surface area contributed by atoms with E-state index < -0.39 is 0 Å². The molecule has 1 atom stereocenters. The molecule has 1 aromatic carbocycles. The number of hydrogen-bond donors (Lipinski definition) is 1. The van der Waals surface area contributed by atoms with Gasteiger partial charge in [-0.25, -0.2) is 0 Å². The van der Waals surface area contributed by atoms with Gasteiger partial charge in [-0.2, -0.15) is 11.8 Å². The Balaban J connectivity index is 1.76. The summed E-state index contributed by atoms with van der Waals surface area (Å²) in [6.45, 7) is 1.73. The summed E-state index contributed by atoms with van der Waals surface area (Å²) in [6.07, 6.45) is 6.14. The van der Waals surface area contributed by atoms with Gasteiger partial charge in [-0.15, -0.1) is 0 Å². The van der Waals surface area contributed by atoms with Crippen molar-refractivity contribution in [1.82, 2.24) is 4.90 Å². The molecule has 0 saturated carbocycles. The first kappa shape index (κ1) is 16.4. The largest absolute Gasteiger partial charge is 0.341 e. The first-order valence-corrected chi connectivity index (χ1v) is 9.17. The summed E-state index contributed by atoms with van der Waals surface area (Å²) in [5, 5.41) is 0. The minimum atomic E-state index is -0.317. The Morgan fingerprint density at radius 3 is 2.62 bits per heavy atom. The van der Waals surface area contributed by atoms with Crippen molar-refractivity contribution in [3.05, 3.63) is 35.9 Å². The number of rotatable bonds is 6. The molecule has 1 heterocycles. The fraction of sp³-hybridized carbons (Fsp3) is 0.588. The number of nitrogens with zero attached hydrogens (tertiary/aromatic N) is 1. The van der Waals surface area contributed by atoms with Gasteiger partial charge < -0.3 is 10.6 Å². The Hall–Kier alpha value is -1.00. The zero-order chi connectivity index (χ0) is 15.1. The maximum atomic E-state index is 12.3. The number of piperidine rings is 1. The van der Waals surface area contributed by atoms with Crippen LogP contribution in [0, 0.1) is 5.92 Å². The van der Waals surface area contributed by atoms with Gasteiger partial charge in [0, 0.05) is 13.1 Å². The van der Waals surface area contributed by atoms with Crippen molar-refractivity contribution in [3.63, 3.8) is 0 Å². The van der Waals surface area contributed by atoms with Gasteiger partial charge >= 0.3 is 0 Å². The Bertz CT molecular complexity index is 430. The van der Waals surface area contributed by atoms with Gasteiger partial charge in [0.2, 0.25) is 5.91 Å². The van der Waals surface area contributed by atoms with Crippen LogP contribution in [0.25, 0.3) is 0 Å². The molecule has 1 fully saturated rings. The summed E-state index contributed by atoms with van der Waals surface area (Å²) in [6, 6.07) is 10.3. The molecule has 1 aliphatic heterocycles. The van der Waals surface area contributed by atoms with Gasteiger partial charge in [0.05, 0.1) is 6.04 Å². The molecule has 1 aromatic rings. The van der Waals surface area contributed by atoms with E-state index in [4.69, 9.17) is 5.73 Å². The zero-order valence-electron chi connectivity index (χ0n) is 12.8. The smallest absolute Gasteiger partial charge is 0.239 e. The van der Waals surface area contributed by atoms with E-state index in [-0.39, 0.29) is 11.9 Å². The van der Waals surface area contributed by atoms with Crippen molar-refractivity contribution in [2.24, 2.45) is 11.7 Å². The van der Waals surface area contributed by atoms with Gasteiger partial charge in [0.1, 0.15) is 0 Å². The maximum absolute atomic E-state index is 12.3. The molecule has 1 saturated heterocycles. The lowest BCUT2D eigenvalue weighted by atomic mass is 9.90. The van der Waals surface area contributed by atoms with E-state index in [1.165, 1.54) is 5.56 Å². The Kier molecular flexibility index (Phi) is 6.58. The molecule has 0 spiro atoms. The molecule has 1 amide bonds. The molecule has 3 nitrogen and oxygen atoms in total. The molecule has 0 unspecified atom stereocenters. The molecule has 2 N–H and O–H groups in total. The normalized spacial score (nSPS) is 17.7. The summed E-state index contributed by atoms with van der Waals surface area (Å²) < 4.78 is 0. The summed E-state index contributed by atoms with van der Waals surface area (Å²) in [4.78, 5) is 14.2. The van der Waals surface area contributed by atoms with E-state index >= 15 is 0 Å². The molecule has 0 radical (unpaired) electrons. The maximum Gasteiger partial charge on any atom is 0.239 e. The average Bonchev–Trinajstić information content (AvgIpc) is 2.53. The molecule has 4 heteroatoms. The van der Waals surface area contributed by atoms with E-state index in [0.717, 1.165) is 44.5 Å². The second kappa shape index (κ2) is 8.44. The van der Waals surface area contributed by atoms with E-state index in [0.29, 0.717) is 5.92 Å². The monoisotopic (exact) mass is 306 g/mol. The van der Waals surface area contributed by atoms with E-state index in [2.05, 4.69) is 30.3 Å². The topological polar surface area (TPSA) is 46.3 Å². The minimum absolute atomic E-state index is 0.141. The first-order valence-electron chi connectivity index (χ1n) is 7.78. The number of thioether (sulfide) groups is 1. The lowest BCUT2D eigenvalue weighted by molar-refractivity contribution is -0.134. The van der Waals surface area contributed by atoms with Crippen LogP contribution in [0.5, 0.6) is 0 Å². The van der Waals surface area contributed by atoms with Gasteiger partial charge in [-0.1, -0.05) is 30.3 Å². The van der Waals surface area contributed by atoms with Crippen LogP contribution in [0.4, 0.5) is 0 Å². The molecule has 1 aliphatic rings. The number of likely N-dealkylation sites (tertiary alicyclic amines) is 1. The standard InChI is InChI=1S/C17H26N2OS/c1-21-12-9-16(18)17(20)19-10-7-15(8-11-19)13-14-5-3-2-4-6-14/h2-6,15-16H,7-13,18H2,1H3/t16-/m1/s1. The van der Waals surface area contributed by atoms with Crippen LogP contribution in [-0.2, 0) is 11.2 Å². The van der Waals surface area contributed by atoms with Gasteiger partial charge in [-0.05, 0) is 49.2 Å². The van der Waals surface area contributed by atoms with Crippen LogP contribution in [0.1, 0.15) is 24.8 Å². The highest BCUT2D eigenvalue weighted by atomic mass is 32.2. The van der Waals surface area contributed by atoms with Crippen molar-refractivity contribution in [1.29, 1.82) is 0 Å². The average molecular weight is 306 g/mol. The molecule has 116 valence electrons. The van der Waals surface area contributed by atoms with Crippen molar-refractivity contribution < 1.29 is 4.79 Å². The molecule has 2 rings (SSSR count). The molecular formula is C17H26N2OS. The molecular weight excluding hydrogens is 280 g/mol. The summed E-state index contributed by atoms with van der Waals surface area (Å²) in [5.74, 6) is 1.79. The SMILES string of the molecule is CSCC[C@@H](N)C(=O)N1CCC(Cc2ccccc2)CC1. The van der Waals surface area contributed by atoms with Crippen LogP contribution in [0.3, 0.4) is 0 Å². The van der Waals surface area contributed by atoms with E-state index in [1.807, 2.05) is 11.2 Å². The molecule has 0 bridgehead atoms. The highest BCUT2D eigenvalue weighted by Gasteiger charge is 2.26. The number of carbonyl (C=O) groups is 1. The Labute approximate surface area is 132 Å². The number of nitrogens with two attached hydrogens (primary N) is 1. The highest BCUT2D eigenvalue weighted by Crippen LogP contribution is 2.22. The van der Waals surface area contributed by atoms with Crippen LogP contribution < -0.4 is 5.73 Å². The third-order valence-corrected chi connectivity index (χ3v) is 4.89. The number of benzene rings is 1. The molecule has 0 aromatic heterocycles. The van der Waals surface area contributed by atoms with Crippen molar-refractivity contribution in [2.45, 2.75) is 31.7 Å². The van der Waals surface area contributed by atoms with E-state index in [9.17, 15) is 4.79 Å². The third-order valence-electron chi connectivity index (χ3n) is 4.24. The predicted molar refractivity (Wildman–Crippen MR) is 90.4 cm³/mol. The van der Waals surface area contributed by atoms with Crippen LogP contribution in [0.15, 0.2) is 30.3 Å². The Morgan fingerprint density at radius 1 is 1.33 bits per heavy atom. The number of amides is 1. The fourth-order valence-corrected chi connectivity index (χ4v) is 3.40. The van der Waals surface area contributed by atoms with Crippen molar-refractivity contribution >= 4 is 17.7 Å². The quantitative estimate of drug-likeness (QED) is 0.878. The van der Waals surface area contributed by atoms with Crippen molar-refractivity contribution in [3.8, 4) is 0 Å². The number of hydrogen-bond acceptors (Lipinski definition) is 3. The second-order valence-corrected chi connectivity index (χ2v) is 6.83. The van der Waals surface area contributed by atoms with Gasteiger partial charge in [0.15, 0.2) is 0 Å². The third kappa shape index (κ3) is 5.04. The fourth-order valence-electron chi connectivity index (χ4n) is 2.91. The molecule has 0 aliphatic carbocycles.